The Balaban J connectivity index is 2.63. The summed E-state index contributed by atoms with van der Waals surface area (Å²) in [6.45, 7) is 6.60. The molecule has 84 valence electrons. The van der Waals surface area contributed by atoms with E-state index in [9.17, 15) is 0 Å². The molecule has 0 aliphatic heterocycles. The van der Waals surface area contributed by atoms with Crippen LogP contribution in [0.5, 0.6) is 0 Å². The van der Waals surface area contributed by atoms with Gasteiger partial charge in [-0.05, 0) is 53.4 Å². The van der Waals surface area contributed by atoms with Gasteiger partial charge in [0.25, 0.3) is 0 Å². The summed E-state index contributed by atoms with van der Waals surface area (Å²) < 4.78 is 0. The predicted octanol–water partition coefficient (Wildman–Crippen LogP) is 4.92. The van der Waals surface area contributed by atoms with Gasteiger partial charge in [0, 0.05) is 0 Å². The Morgan fingerprint density at radius 3 is 1.76 bits per heavy atom. The first-order valence-electron chi connectivity index (χ1n) is 6.07. The Morgan fingerprint density at radius 2 is 1.12 bits per heavy atom. The molecule has 0 unspecified atom stereocenters. The van der Waals surface area contributed by atoms with Crippen molar-refractivity contribution >= 4 is 21.5 Å². The lowest BCUT2D eigenvalue weighted by atomic mass is 9.92. The van der Waals surface area contributed by atoms with E-state index in [1.54, 1.807) is 0 Å². The molecule has 17 heavy (non-hydrogen) atoms. The van der Waals surface area contributed by atoms with Crippen molar-refractivity contribution in [3.63, 3.8) is 0 Å². The molecular formula is C17H16. The molecule has 0 heterocycles. The molecule has 0 heteroatoms. The lowest BCUT2D eigenvalue weighted by Crippen LogP contribution is -1.88. The molecule has 0 nitrogen and oxygen atoms in total. The van der Waals surface area contributed by atoms with Gasteiger partial charge in [-0.3, -0.25) is 0 Å². The number of rotatable bonds is 0. The first-order valence-corrected chi connectivity index (χ1v) is 6.07. The molecule has 0 bridgehead atoms. The molecule has 0 atom stereocenters. The second kappa shape index (κ2) is 3.59. The van der Waals surface area contributed by atoms with Crippen LogP contribution >= 0.6 is 0 Å². The van der Waals surface area contributed by atoms with Gasteiger partial charge in [-0.2, -0.15) is 0 Å². The summed E-state index contributed by atoms with van der Waals surface area (Å²) in [4.78, 5) is 0. The van der Waals surface area contributed by atoms with Gasteiger partial charge >= 0.3 is 0 Å². The third-order valence-corrected chi connectivity index (χ3v) is 3.72. The molecule has 0 aliphatic carbocycles. The Morgan fingerprint density at radius 1 is 0.588 bits per heavy atom. The molecule has 0 amide bonds. The van der Waals surface area contributed by atoms with E-state index in [-0.39, 0.29) is 0 Å². The Bertz CT molecular complexity index is 721. The standard InChI is InChI=1S/C17H16/c1-11-8-9-16-12(2)14-6-4-5-7-15(14)13(3)17(16)10-11/h4-10H,1-3H3. The first-order chi connectivity index (χ1) is 8.18. The molecule has 3 rings (SSSR count). The Labute approximate surface area is 102 Å². The minimum atomic E-state index is 1.33. The van der Waals surface area contributed by atoms with Crippen LogP contribution in [0.15, 0.2) is 42.5 Å². The predicted molar refractivity (Wildman–Crippen MR) is 75.7 cm³/mol. The molecule has 0 fully saturated rings. The van der Waals surface area contributed by atoms with Crippen LogP contribution in [-0.4, -0.2) is 0 Å². The van der Waals surface area contributed by atoms with Crippen LogP contribution in [0.3, 0.4) is 0 Å². The topological polar surface area (TPSA) is 0 Å². The molecule has 0 saturated carbocycles. The van der Waals surface area contributed by atoms with Gasteiger partial charge in [0.05, 0.1) is 0 Å². The fourth-order valence-electron chi connectivity index (χ4n) is 2.72. The van der Waals surface area contributed by atoms with Crippen molar-refractivity contribution < 1.29 is 0 Å². The lowest BCUT2D eigenvalue weighted by Gasteiger charge is -2.12. The van der Waals surface area contributed by atoms with Gasteiger partial charge in [-0.1, -0.05) is 48.0 Å². The van der Waals surface area contributed by atoms with Crippen LogP contribution in [0.25, 0.3) is 21.5 Å². The van der Waals surface area contributed by atoms with Gasteiger partial charge in [-0.25, -0.2) is 0 Å². The zero-order chi connectivity index (χ0) is 12.0. The summed E-state index contributed by atoms with van der Waals surface area (Å²) >= 11 is 0. The van der Waals surface area contributed by atoms with Crippen molar-refractivity contribution in [1.29, 1.82) is 0 Å². The van der Waals surface area contributed by atoms with Gasteiger partial charge in [-0.15, -0.1) is 0 Å². The van der Waals surface area contributed by atoms with Crippen LogP contribution in [0.4, 0.5) is 0 Å². The highest BCUT2D eigenvalue weighted by atomic mass is 14.1. The Hall–Kier alpha value is -1.82. The van der Waals surface area contributed by atoms with Gasteiger partial charge in [0.15, 0.2) is 0 Å². The molecule has 0 N–H and O–H groups in total. The monoisotopic (exact) mass is 220 g/mol. The second-order valence-electron chi connectivity index (χ2n) is 4.84. The number of benzene rings is 3. The zero-order valence-corrected chi connectivity index (χ0v) is 10.5. The van der Waals surface area contributed by atoms with Gasteiger partial charge < -0.3 is 0 Å². The van der Waals surface area contributed by atoms with Crippen LogP contribution in [0, 0.1) is 20.8 Å². The Kier molecular flexibility index (Phi) is 2.19. The molecule has 0 spiro atoms. The van der Waals surface area contributed by atoms with E-state index in [2.05, 4.69) is 63.2 Å². The highest BCUT2D eigenvalue weighted by molar-refractivity contribution is 6.05. The number of hydrogen-bond acceptors (Lipinski definition) is 0. The van der Waals surface area contributed by atoms with Crippen molar-refractivity contribution in [1.82, 2.24) is 0 Å². The fraction of sp³-hybridized carbons (Fsp3) is 0.176. The molecule has 0 saturated heterocycles. The summed E-state index contributed by atoms with van der Waals surface area (Å²) in [5.41, 5.74) is 4.11. The smallest absolute Gasteiger partial charge is 0.0143 e. The average Bonchev–Trinajstić information content (AvgIpc) is 2.36. The van der Waals surface area contributed by atoms with Crippen LogP contribution in [0.1, 0.15) is 16.7 Å². The maximum absolute atomic E-state index is 2.30. The molecular weight excluding hydrogens is 204 g/mol. The molecule has 3 aromatic carbocycles. The number of aryl methyl sites for hydroxylation is 3. The van der Waals surface area contributed by atoms with E-state index in [1.165, 1.54) is 38.2 Å². The van der Waals surface area contributed by atoms with Crippen molar-refractivity contribution in [3.8, 4) is 0 Å². The average molecular weight is 220 g/mol. The minimum Gasteiger partial charge on any atom is -0.0616 e. The lowest BCUT2D eigenvalue weighted by molar-refractivity contribution is 1.47. The number of hydrogen-bond donors (Lipinski definition) is 0. The summed E-state index contributed by atoms with van der Waals surface area (Å²) in [7, 11) is 0. The van der Waals surface area contributed by atoms with Crippen molar-refractivity contribution in [2.45, 2.75) is 20.8 Å². The van der Waals surface area contributed by atoms with Gasteiger partial charge in [0.1, 0.15) is 0 Å². The van der Waals surface area contributed by atoms with E-state index in [0.29, 0.717) is 0 Å². The minimum absolute atomic E-state index is 1.33. The zero-order valence-electron chi connectivity index (χ0n) is 10.5. The van der Waals surface area contributed by atoms with E-state index in [0.717, 1.165) is 0 Å². The van der Waals surface area contributed by atoms with E-state index in [4.69, 9.17) is 0 Å². The summed E-state index contributed by atoms with van der Waals surface area (Å²) in [6.07, 6.45) is 0. The third-order valence-electron chi connectivity index (χ3n) is 3.72. The highest BCUT2D eigenvalue weighted by Crippen LogP contribution is 2.32. The SMILES string of the molecule is Cc1ccc2c(C)c3ccccc3c(C)c2c1. The van der Waals surface area contributed by atoms with E-state index < -0.39 is 0 Å². The van der Waals surface area contributed by atoms with Crippen LogP contribution in [0.2, 0.25) is 0 Å². The van der Waals surface area contributed by atoms with Crippen molar-refractivity contribution in [3.05, 3.63) is 59.2 Å². The normalized spacial score (nSPS) is 11.2. The van der Waals surface area contributed by atoms with Crippen LogP contribution < -0.4 is 0 Å². The first kappa shape index (κ1) is 10.3. The van der Waals surface area contributed by atoms with Gasteiger partial charge in [0.2, 0.25) is 0 Å². The maximum Gasteiger partial charge on any atom is -0.0143 e. The molecule has 3 aromatic rings. The summed E-state index contributed by atoms with van der Waals surface area (Å²) in [5, 5.41) is 5.53. The third kappa shape index (κ3) is 1.44. The van der Waals surface area contributed by atoms with E-state index >= 15 is 0 Å². The molecule has 0 radical (unpaired) electrons. The van der Waals surface area contributed by atoms with Crippen molar-refractivity contribution in [2.24, 2.45) is 0 Å². The highest BCUT2D eigenvalue weighted by Gasteiger charge is 2.07. The van der Waals surface area contributed by atoms with E-state index in [1.807, 2.05) is 0 Å². The summed E-state index contributed by atoms with van der Waals surface area (Å²) in [6, 6.07) is 15.4. The van der Waals surface area contributed by atoms with Crippen LogP contribution in [-0.2, 0) is 0 Å². The molecule has 0 aromatic heterocycles. The quantitative estimate of drug-likeness (QED) is 0.472. The molecule has 0 aliphatic rings. The largest absolute Gasteiger partial charge is 0.0616 e. The number of fused-ring (bicyclic) bond motifs is 2. The maximum atomic E-state index is 2.30. The summed E-state index contributed by atoms with van der Waals surface area (Å²) in [5.74, 6) is 0. The second-order valence-corrected chi connectivity index (χ2v) is 4.84. The van der Waals surface area contributed by atoms with Crippen molar-refractivity contribution in [2.75, 3.05) is 0 Å². The fourth-order valence-corrected chi connectivity index (χ4v) is 2.72.